The van der Waals surface area contributed by atoms with Gasteiger partial charge in [0, 0.05) is 55.6 Å². The summed E-state index contributed by atoms with van der Waals surface area (Å²) < 4.78 is 0. The molecule has 0 spiro atoms. The minimum atomic E-state index is -0.385. The molecule has 0 bridgehead atoms. The smallest absolute Gasteiger partial charge is 0.249 e. The first-order valence-electron chi connectivity index (χ1n) is 12.1. The van der Waals surface area contributed by atoms with Gasteiger partial charge in [-0.1, -0.05) is 6.07 Å². The molecule has 3 heterocycles. The lowest BCUT2D eigenvalue weighted by Crippen LogP contribution is -2.47. The predicted molar refractivity (Wildman–Crippen MR) is 131 cm³/mol. The van der Waals surface area contributed by atoms with Crippen molar-refractivity contribution in [3.8, 4) is 0 Å². The van der Waals surface area contributed by atoms with E-state index in [0.717, 1.165) is 56.0 Å². The third-order valence-corrected chi connectivity index (χ3v) is 7.21. The Morgan fingerprint density at radius 1 is 0.941 bits per heavy atom. The lowest BCUT2D eigenvalue weighted by Gasteiger charge is -2.37. The number of nitrogens with one attached hydrogen (secondary N) is 2. The largest absolute Gasteiger partial charge is 0.399 e. The highest BCUT2D eigenvalue weighted by Gasteiger charge is 2.31. The number of anilines is 3. The Morgan fingerprint density at radius 3 is 2.44 bits per heavy atom. The summed E-state index contributed by atoms with van der Waals surface area (Å²) in [6.45, 7) is 3.13. The molecular weight excluding hydrogens is 430 g/mol. The average molecular weight is 462 g/mol. The Bertz CT molecular complexity index is 1090. The number of piperidine rings is 2. The van der Waals surface area contributed by atoms with Gasteiger partial charge in [-0.15, -0.1) is 0 Å². The first kappa shape index (κ1) is 22.3. The van der Waals surface area contributed by atoms with E-state index in [2.05, 4.69) is 15.5 Å². The molecule has 3 aliphatic heterocycles. The summed E-state index contributed by atoms with van der Waals surface area (Å²) in [5.74, 6) is -0.144. The van der Waals surface area contributed by atoms with E-state index in [4.69, 9.17) is 5.73 Å². The second-order valence-electron chi connectivity index (χ2n) is 9.49. The first-order valence-corrected chi connectivity index (χ1v) is 12.1. The fourth-order valence-electron chi connectivity index (χ4n) is 5.20. The zero-order valence-electron chi connectivity index (χ0n) is 19.3. The lowest BCUT2D eigenvalue weighted by molar-refractivity contribution is -0.137. The van der Waals surface area contributed by atoms with Crippen LogP contribution in [0.5, 0.6) is 0 Å². The number of nitrogens with two attached hydrogens (primary N) is 1. The minimum absolute atomic E-state index is 0.0695. The molecule has 8 nitrogen and oxygen atoms in total. The molecule has 34 heavy (non-hydrogen) atoms. The standard InChI is InChI=1S/C26H31N5O3/c27-20-2-1-19-16-31(14-11-18(19)15-20)26(34)17-9-12-30(13-10-17)22-5-3-21(4-6-22)28-23-7-8-24(32)29-25(23)33/h1-6,15,17,23,28H,7-14,16,27H2,(H,29,32,33). The molecule has 0 aliphatic carbocycles. The molecule has 0 saturated carbocycles. The van der Waals surface area contributed by atoms with E-state index < -0.39 is 0 Å². The van der Waals surface area contributed by atoms with Crippen LogP contribution in [0.15, 0.2) is 42.5 Å². The second-order valence-corrected chi connectivity index (χ2v) is 9.49. The Morgan fingerprint density at radius 2 is 1.71 bits per heavy atom. The molecule has 3 aliphatic rings. The fourth-order valence-corrected chi connectivity index (χ4v) is 5.20. The van der Waals surface area contributed by atoms with Crippen molar-refractivity contribution in [3.05, 3.63) is 53.6 Å². The van der Waals surface area contributed by atoms with Crippen molar-refractivity contribution in [2.45, 2.75) is 44.7 Å². The van der Waals surface area contributed by atoms with Crippen molar-refractivity contribution in [2.75, 3.05) is 35.6 Å². The number of fused-ring (bicyclic) bond motifs is 1. The number of nitrogen functional groups attached to an aromatic ring is 1. The number of hydrogen-bond donors (Lipinski definition) is 3. The molecule has 0 aromatic heterocycles. The molecular formula is C26H31N5O3. The number of carbonyl (C=O) groups is 3. The number of benzene rings is 2. The van der Waals surface area contributed by atoms with Gasteiger partial charge in [0.25, 0.3) is 0 Å². The average Bonchev–Trinajstić information content (AvgIpc) is 2.85. The van der Waals surface area contributed by atoms with E-state index in [1.165, 1.54) is 11.1 Å². The van der Waals surface area contributed by atoms with Crippen LogP contribution in [0, 0.1) is 5.92 Å². The summed E-state index contributed by atoms with van der Waals surface area (Å²) >= 11 is 0. The maximum absolute atomic E-state index is 13.2. The van der Waals surface area contributed by atoms with E-state index in [1.54, 1.807) is 0 Å². The van der Waals surface area contributed by atoms with Crippen LogP contribution in [0.1, 0.15) is 36.8 Å². The van der Waals surface area contributed by atoms with Gasteiger partial charge in [0.05, 0.1) is 0 Å². The predicted octanol–water partition coefficient (Wildman–Crippen LogP) is 2.29. The van der Waals surface area contributed by atoms with Gasteiger partial charge in [-0.2, -0.15) is 0 Å². The van der Waals surface area contributed by atoms with E-state index in [1.807, 2.05) is 47.4 Å². The monoisotopic (exact) mass is 461 g/mol. The number of hydrogen-bond acceptors (Lipinski definition) is 6. The zero-order valence-corrected chi connectivity index (χ0v) is 19.3. The van der Waals surface area contributed by atoms with Crippen LogP contribution in [-0.4, -0.2) is 48.3 Å². The van der Waals surface area contributed by atoms with Crippen LogP contribution in [-0.2, 0) is 27.3 Å². The molecule has 2 saturated heterocycles. The van der Waals surface area contributed by atoms with Gasteiger partial charge in [-0.25, -0.2) is 0 Å². The quantitative estimate of drug-likeness (QED) is 0.476. The maximum Gasteiger partial charge on any atom is 0.249 e. The summed E-state index contributed by atoms with van der Waals surface area (Å²) in [7, 11) is 0. The number of imide groups is 1. The van der Waals surface area contributed by atoms with Crippen LogP contribution in [0.2, 0.25) is 0 Å². The van der Waals surface area contributed by atoms with Gasteiger partial charge in [0.15, 0.2) is 0 Å². The number of nitrogens with zero attached hydrogens (tertiary/aromatic N) is 2. The van der Waals surface area contributed by atoms with Gasteiger partial charge in [0.2, 0.25) is 17.7 Å². The molecule has 5 rings (SSSR count). The van der Waals surface area contributed by atoms with E-state index in [9.17, 15) is 14.4 Å². The van der Waals surface area contributed by atoms with Gasteiger partial charge < -0.3 is 20.9 Å². The molecule has 1 unspecified atom stereocenters. The molecule has 1 atom stereocenters. The molecule has 4 N–H and O–H groups in total. The molecule has 2 fully saturated rings. The SMILES string of the molecule is Nc1ccc2c(c1)CCN(C(=O)C1CCN(c3ccc(NC4CCC(=O)NC4=O)cc3)CC1)C2. The summed E-state index contributed by atoms with van der Waals surface area (Å²) in [5.41, 5.74) is 11.1. The van der Waals surface area contributed by atoms with Crippen molar-refractivity contribution in [2.24, 2.45) is 5.92 Å². The second kappa shape index (κ2) is 9.37. The minimum Gasteiger partial charge on any atom is -0.399 e. The van der Waals surface area contributed by atoms with E-state index in [-0.39, 0.29) is 29.7 Å². The zero-order chi connectivity index (χ0) is 23.7. The van der Waals surface area contributed by atoms with Gasteiger partial charge >= 0.3 is 0 Å². The fraction of sp³-hybridized carbons (Fsp3) is 0.423. The molecule has 2 aromatic carbocycles. The summed E-state index contributed by atoms with van der Waals surface area (Å²) in [6.07, 6.45) is 3.42. The normalized spacial score (nSPS) is 21.1. The summed E-state index contributed by atoms with van der Waals surface area (Å²) in [5, 5.41) is 5.58. The molecule has 0 radical (unpaired) electrons. The van der Waals surface area contributed by atoms with Gasteiger partial charge in [-0.05, 0) is 73.2 Å². The van der Waals surface area contributed by atoms with Gasteiger partial charge in [0.1, 0.15) is 6.04 Å². The topological polar surface area (TPSA) is 108 Å². The Balaban J connectivity index is 1.13. The van der Waals surface area contributed by atoms with Crippen LogP contribution in [0.3, 0.4) is 0 Å². The van der Waals surface area contributed by atoms with Crippen molar-refractivity contribution in [1.29, 1.82) is 0 Å². The number of amides is 3. The van der Waals surface area contributed by atoms with Crippen LogP contribution in [0.25, 0.3) is 0 Å². The Hall–Kier alpha value is -3.55. The van der Waals surface area contributed by atoms with Crippen molar-refractivity contribution >= 4 is 34.8 Å². The summed E-state index contributed by atoms with van der Waals surface area (Å²) in [4.78, 5) is 40.8. The molecule has 8 heteroatoms. The number of carbonyl (C=O) groups excluding carboxylic acids is 3. The first-order chi connectivity index (χ1) is 16.5. The summed E-state index contributed by atoms with van der Waals surface area (Å²) in [6, 6.07) is 13.6. The highest BCUT2D eigenvalue weighted by molar-refractivity contribution is 6.01. The Kier molecular flexibility index (Phi) is 6.13. The van der Waals surface area contributed by atoms with Crippen molar-refractivity contribution in [3.63, 3.8) is 0 Å². The lowest BCUT2D eigenvalue weighted by atomic mass is 9.92. The number of rotatable bonds is 4. The Labute approximate surface area is 199 Å². The maximum atomic E-state index is 13.2. The van der Waals surface area contributed by atoms with Crippen LogP contribution < -0.4 is 21.3 Å². The van der Waals surface area contributed by atoms with Crippen molar-refractivity contribution in [1.82, 2.24) is 10.2 Å². The third kappa shape index (κ3) is 4.71. The van der Waals surface area contributed by atoms with Crippen LogP contribution in [0.4, 0.5) is 17.1 Å². The molecule has 3 amide bonds. The highest BCUT2D eigenvalue weighted by Crippen LogP contribution is 2.28. The molecule has 178 valence electrons. The molecule has 2 aromatic rings. The highest BCUT2D eigenvalue weighted by atomic mass is 16.2. The van der Waals surface area contributed by atoms with Crippen molar-refractivity contribution < 1.29 is 14.4 Å². The van der Waals surface area contributed by atoms with E-state index >= 15 is 0 Å². The van der Waals surface area contributed by atoms with E-state index in [0.29, 0.717) is 19.4 Å². The van der Waals surface area contributed by atoms with Crippen LogP contribution >= 0.6 is 0 Å². The third-order valence-electron chi connectivity index (χ3n) is 7.21. The van der Waals surface area contributed by atoms with Gasteiger partial charge in [-0.3, -0.25) is 19.7 Å².